The van der Waals surface area contributed by atoms with E-state index in [-0.39, 0.29) is 12.3 Å². The molecule has 2 N–H and O–H groups in total. The van der Waals surface area contributed by atoms with Gasteiger partial charge in [-0.25, -0.2) is 4.79 Å². The molecule has 0 saturated carbocycles. The van der Waals surface area contributed by atoms with Gasteiger partial charge in [0.15, 0.2) is 0 Å². The number of nitrogens with zero attached hydrogens (tertiary/aromatic N) is 2. The van der Waals surface area contributed by atoms with Crippen LogP contribution in [-0.2, 0) is 4.74 Å². The SMILES string of the molecule is CCOC(=O)c1c(C)[nH]c(/C(C)=N/Nc2c(F)c(F)nc(F)c2F)c1C. The molecular formula is C16H16F4N4O2. The molecule has 0 atom stereocenters. The number of anilines is 1. The van der Waals surface area contributed by atoms with Gasteiger partial charge in [0, 0.05) is 5.69 Å². The maximum absolute atomic E-state index is 13.6. The molecule has 6 nitrogen and oxygen atoms in total. The summed E-state index contributed by atoms with van der Waals surface area (Å²) in [4.78, 5) is 17.4. The number of hydrogen-bond acceptors (Lipinski definition) is 5. The van der Waals surface area contributed by atoms with E-state index < -0.39 is 35.2 Å². The molecule has 0 radical (unpaired) electrons. The highest BCUT2D eigenvalue weighted by Crippen LogP contribution is 2.23. The van der Waals surface area contributed by atoms with Gasteiger partial charge in [0.2, 0.25) is 11.6 Å². The Balaban J connectivity index is 2.38. The highest BCUT2D eigenvalue weighted by atomic mass is 19.2. The predicted molar refractivity (Wildman–Crippen MR) is 86.1 cm³/mol. The van der Waals surface area contributed by atoms with Crippen LogP contribution in [-0.4, -0.2) is 28.3 Å². The van der Waals surface area contributed by atoms with Crippen LogP contribution in [0.3, 0.4) is 0 Å². The summed E-state index contributed by atoms with van der Waals surface area (Å²) in [6.07, 6.45) is 0. The minimum Gasteiger partial charge on any atom is -0.462 e. The van der Waals surface area contributed by atoms with Gasteiger partial charge >= 0.3 is 5.97 Å². The Kier molecular flexibility index (Phi) is 5.63. The zero-order chi connectivity index (χ0) is 19.6. The standard InChI is InChI=1S/C16H16F4N4O2/c1-5-26-16(25)9-6(2)12(21-7(9)3)8(4)23-24-13-10(17)14(19)22-15(20)11(13)18/h21H,5H2,1-4H3,(H,22,24)/b23-8+. The number of esters is 1. The lowest BCUT2D eigenvalue weighted by Crippen LogP contribution is -2.09. The lowest BCUT2D eigenvalue weighted by molar-refractivity contribution is 0.0525. The Morgan fingerprint density at radius 2 is 1.77 bits per heavy atom. The van der Waals surface area contributed by atoms with Crippen molar-refractivity contribution in [3.05, 3.63) is 46.0 Å². The second kappa shape index (κ2) is 7.54. The summed E-state index contributed by atoms with van der Waals surface area (Å²) in [6, 6.07) is 0. The van der Waals surface area contributed by atoms with Crippen molar-refractivity contribution in [2.45, 2.75) is 27.7 Å². The van der Waals surface area contributed by atoms with E-state index in [0.29, 0.717) is 22.5 Å². The van der Waals surface area contributed by atoms with Crippen LogP contribution >= 0.6 is 0 Å². The van der Waals surface area contributed by atoms with Gasteiger partial charge in [-0.05, 0) is 33.3 Å². The van der Waals surface area contributed by atoms with E-state index in [0.717, 1.165) is 0 Å². The van der Waals surface area contributed by atoms with E-state index in [4.69, 9.17) is 4.74 Å². The van der Waals surface area contributed by atoms with E-state index in [2.05, 4.69) is 15.1 Å². The first-order chi connectivity index (χ1) is 12.2. The Morgan fingerprint density at radius 1 is 1.19 bits per heavy atom. The summed E-state index contributed by atoms with van der Waals surface area (Å²) in [5, 5.41) is 3.73. The maximum atomic E-state index is 13.6. The number of aromatic amines is 1. The fraction of sp³-hybridized carbons (Fsp3) is 0.312. The van der Waals surface area contributed by atoms with E-state index in [1.807, 2.05) is 5.43 Å². The summed E-state index contributed by atoms with van der Waals surface area (Å²) in [7, 11) is 0. The topological polar surface area (TPSA) is 79.4 Å². The maximum Gasteiger partial charge on any atom is 0.340 e. The average Bonchev–Trinajstić information content (AvgIpc) is 2.87. The van der Waals surface area contributed by atoms with Crippen LogP contribution in [0.2, 0.25) is 0 Å². The number of nitrogens with one attached hydrogen (secondary N) is 2. The molecule has 0 spiro atoms. The molecule has 0 aliphatic carbocycles. The fourth-order valence-corrected chi connectivity index (χ4v) is 2.40. The highest BCUT2D eigenvalue weighted by molar-refractivity contribution is 6.03. The predicted octanol–water partition coefficient (Wildman–Crippen LogP) is 3.60. The van der Waals surface area contributed by atoms with E-state index in [1.54, 1.807) is 20.8 Å². The number of aromatic nitrogens is 2. The number of ether oxygens (including phenoxy) is 1. The second-order valence-electron chi connectivity index (χ2n) is 5.35. The van der Waals surface area contributed by atoms with Crippen LogP contribution in [0.1, 0.15) is 41.2 Å². The third-order valence-electron chi connectivity index (χ3n) is 3.61. The average molecular weight is 372 g/mol. The molecule has 0 aliphatic rings. The van der Waals surface area contributed by atoms with Crippen molar-refractivity contribution in [1.29, 1.82) is 0 Å². The quantitative estimate of drug-likeness (QED) is 0.276. The van der Waals surface area contributed by atoms with Crippen molar-refractivity contribution in [3.8, 4) is 0 Å². The third kappa shape index (κ3) is 3.53. The first-order valence-electron chi connectivity index (χ1n) is 7.55. The number of rotatable bonds is 5. The first kappa shape index (κ1) is 19.4. The normalized spacial score (nSPS) is 11.6. The Bertz CT molecular complexity index is 867. The molecular weight excluding hydrogens is 356 g/mol. The van der Waals surface area contributed by atoms with Crippen LogP contribution in [0.25, 0.3) is 0 Å². The molecule has 2 heterocycles. The molecule has 2 aromatic heterocycles. The molecule has 140 valence electrons. The molecule has 26 heavy (non-hydrogen) atoms. The van der Waals surface area contributed by atoms with Crippen molar-refractivity contribution in [2.24, 2.45) is 5.10 Å². The number of pyridine rings is 1. The summed E-state index contributed by atoms with van der Waals surface area (Å²) >= 11 is 0. The minimum absolute atomic E-state index is 0.192. The van der Waals surface area contributed by atoms with Gasteiger partial charge in [-0.2, -0.15) is 27.6 Å². The fourth-order valence-electron chi connectivity index (χ4n) is 2.40. The van der Waals surface area contributed by atoms with E-state index in [9.17, 15) is 22.4 Å². The lowest BCUT2D eigenvalue weighted by atomic mass is 10.1. The monoisotopic (exact) mass is 372 g/mol. The van der Waals surface area contributed by atoms with Crippen LogP contribution < -0.4 is 5.43 Å². The number of hydrogen-bond donors (Lipinski definition) is 2. The molecule has 0 bridgehead atoms. The van der Waals surface area contributed by atoms with Gasteiger partial charge in [-0.1, -0.05) is 0 Å². The van der Waals surface area contributed by atoms with Crippen molar-refractivity contribution >= 4 is 17.4 Å². The largest absolute Gasteiger partial charge is 0.462 e. The molecule has 0 fully saturated rings. The molecule has 0 unspecified atom stereocenters. The summed E-state index contributed by atoms with van der Waals surface area (Å²) < 4.78 is 58.4. The number of aryl methyl sites for hydroxylation is 1. The first-order valence-corrected chi connectivity index (χ1v) is 7.55. The van der Waals surface area contributed by atoms with Crippen LogP contribution in [0, 0.1) is 37.4 Å². The molecule has 10 heteroatoms. The smallest absolute Gasteiger partial charge is 0.340 e. The van der Waals surface area contributed by atoms with Crippen molar-refractivity contribution in [1.82, 2.24) is 9.97 Å². The zero-order valence-electron chi connectivity index (χ0n) is 14.4. The van der Waals surface area contributed by atoms with Gasteiger partial charge in [0.05, 0.1) is 23.6 Å². The molecule has 0 amide bonds. The van der Waals surface area contributed by atoms with Gasteiger partial charge in [-0.15, -0.1) is 0 Å². The van der Waals surface area contributed by atoms with Gasteiger partial charge in [-0.3, -0.25) is 5.43 Å². The molecule has 0 saturated heterocycles. The number of carbonyl (C=O) groups excluding carboxylic acids is 1. The van der Waals surface area contributed by atoms with Crippen molar-refractivity contribution in [2.75, 3.05) is 12.0 Å². The Hall–Kier alpha value is -2.91. The lowest BCUT2D eigenvalue weighted by Gasteiger charge is -2.07. The second-order valence-corrected chi connectivity index (χ2v) is 5.35. The summed E-state index contributed by atoms with van der Waals surface area (Å²) in [5.74, 6) is -7.52. The molecule has 0 aromatic carbocycles. The molecule has 2 aromatic rings. The molecule has 2 rings (SSSR count). The van der Waals surface area contributed by atoms with Crippen LogP contribution in [0.15, 0.2) is 5.10 Å². The Labute approximate surface area is 146 Å². The van der Waals surface area contributed by atoms with Gasteiger partial charge in [0.25, 0.3) is 11.9 Å². The highest BCUT2D eigenvalue weighted by Gasteiger charge is 2.22. The number of carbonyl (C=O) groups is 1. The van der Waals surface area contributed by atoms with E-state index in [1.165, 1.54) is 6.92 Å². The summed E-state index contributed by atoms with van der Waals surface area (Å²) in [5.41, 5.74) is 2.78. The van der Waals surface area contributed by atoms with Gasteiger partial charge < -0.3 is 9.72 Å². The third-order valence-corrected chi connectivity index (χ3v) is 3.61. The van der Waals surface area contributed by atoms with Gasteiger partial charge in [0.1, 0.15) is 5.69 Å². The number of hydrazone groups is 1. The van der Waals surface area contributed by atoms with E-state index >= 15 is 0 Å². The summed E-state index contributed by atoms with van der Waals surface area (Å²) in [6.45, 7) is 6.63. The molecule has 0 aliphatic heterocycles. The zero-order valence-corrected chi connectivity index (χ0v) is 14.4. The number of H-pyrrole nitrogens is 1. The van der Waals surface area contributed by atoms with Crippen molar-refractivity contribution in [3.63, 3.8) is 0 Å². The van der Waals surface area contributed by atoms with Crippen LogP contribution in [0.5, 0.6) is 0 Å². The minimum atomic E-state index is -1.80. The van der Waals surface area contributed by atoms with Crippen LogP contribution in [0.4, 0.5) is 23.2 Å². The van der Waals surface area contributed by atoms with Crippen molar-refractivity contribution < 1.29 is 27.1 Å². The number of halogens is 4. The Morgan fingerprint density at radius 3 is 2.31 bits per heavy atom.